The molecule has 1 N–H and O–H groups in total. The van der Waals surface area contributed by atoms with Gasteiger partial charge in [-0.1, -0.05) is 18.2 Å². The van der Waals surface area contributed by atoms with E-state index in [1.165, 1.54) is 17.4 Å². The number of rotatable bonds is 4. The summed E-state index contributed by atoms with van der Waals surface area (Å²) < 4.78 is 5.11. The van der Waals surface area contributed by atoms with Gasteiger partial charge in [-0.25, -0.2) is 4.98 Å². The van der Waals surface area contributed by atoms with Crippen LogP contribution >= 0.6 is 11.3 Å². The van der Waals surface area contributed by atoms with Crippen LogP contribution in [-0.4, -0.2) is 9.91 Å². The zero-order chi connectivity index (χ0) is 13.9. The summed E-state index contributed by atoms with van der Waals surface area (Å²) in [5.41, 5.74) is 1.50. The third-order valence-electron chi connectivity index (χ3n) is 2.55. The average molecular weight is 287 g/mol. The Morgan fingerprint density at radius 3 is 2.70 bits per heavy atom. The first kappa shape index (κ1) is 12.4. The van der Waals surface area contributed by atoms with Crippen LogP contribution in [0.4, 0.5) is 16.7 Å². The first-order valence-corrected chi connectivity index (χ1v) is 6.62. The molecule has 0 saturated heterocycles. The maximum Gasteiger partial charge on any atom is 0.433 e. The van der Waals surface area contributed by atoms with Gasteiger partial charge in [-0.3, -0.25) is 10.1 Å². The number of para-hydroxylation sites is 1. The Balaban J connectivity index is 1.81. The van der Waals surface area contributed by atoms with Gasteiger partial charge in [0.25, 0.3) is 0 Å². The van der Waals surface area contributed by atoms with Gasteiger partial charge in [0.1, 0.15) is 10.6 Å². The van der Waals surface area contributed by atoms with Crippen molar-refractivity contribution in [1.82, 2.24) is 4.98 Å². The van der Waals surface area contributed by atoms with E-state index in [2.05, 4.69) is 10.3 Å². The quantitative estimate of drug-likeness (QED) is 0.578. The van der Waals surface area contributed by atoms with Crippen LogP contribution in [0, 0.1) is 10.1 Å². The van der Waals surface area contributed by atoms with Crippen LogP contribution in [-0.2, 0) is 0 Å². The van der Waals surface area contributed by atoms with Crippen LogP contribution in [0.3, 0.4) is 0 Å². The van der Waals surface area contributed by atoms with Gasteiger partial charge in [-0.05, 0) is 18.2 Å². The predicted octanol–water partition coefficient (Wildman–Crippen LogP) is 4.05. The Kier molecular flexibility index (Phi) is 3.18. The van der Waals surface area contributed by atoms with Crippen molar-refractivity contribution in [2.45, 2.75) is 0 Å². The minimum atomic E-state index is -0.570. The number of nitrogens with one attached hydrogen (secondary N) is 1. The van der Waals surface area contributed by atoms with Crippen LogP contribution in [0.25, 0.3) is 11.5 Å². The van der Waals surface area contributed by atoms with Crippen LogP contribution in [0.5, 0.6) is 0 Å². The lowest BCUT2D eigenvalue weighted by Crippen LogP contribution is -1.88. The Morgan fingerprint density at radius 2 is 2.00 bits per heavy atom. The molecule has 0 unspecified atom stereocenters. The van der Waals surface area contributed by atoms with Gasteiger partial charge in [-0.15, -0.1) is 11.3 Å². The molecule has 100 valence electrons. The summed E-state index contributed by atoms with van der Waals surface area (Å²) in [7, 11) is 0. The number of benzene rings is 1. The molecule has 0 aliphatic heterocycles. The van der Waals surface area contributed by atoms with Crippen LogP contribution in [0.2, 0.25) is 0 Å². The molecule has 0 amide bonds. The molecular weight excluding hydrogens is 278 g/mol. The van der Waals surface area contributed by atoms with Crippen molar-refractivity contribution in [3.63, 3.8) is 0 Å². The normalized spacial score (nSPS) is 10.4. The van der Waals surface area contributed by atoms with E-state index < -0.39 is 4.92 Å². The molecule has 0 aliphatic rings. The maximum absolute atomic E-state index is 10.6. The third-order valence-corrected chi connectivity index (χ3v) is 3.31. The summed E-state index contributed by atoms with van der Waals surface area (Å²) in [4.78, 5) is 14.3. The molecule has 0 atom stereocenters. The van der Waals surface area contributed by atoms with Gasteiger partial charge in [0.05, 0.1) is 6.07 Å². The van der Waals surface area contributed by atoms with Crippen molar-refractivity contribution in [3.8, 4) is 11.5 Å². The second-order valence-corrected chi connectivity index (χ2v) is 4.78. The summed E-state index contributed by atoms with van der Waals surface area (Å²) in [5, 5.41) is 16.2. The number of nitro groups is 1. The summed E-state index contributed by atoms with van der Waals surface area (Å²) in [5.74, 6) is 0.0969. The molecule has 1 aromatic carbocycles. The molecule has 0 radical (unpaired) electrons. The SMILES string of the molecule is O=[N+]([O-])c1ccc(-c2csc(Nc3ccccc3)n2)o1. The molecule has 0 saturated carbocycles. The smallest absolute Gasteiger partial charge is 0.399 e. The fourth-order valence-electron chi connectivity index (χ4n) is 1.65. The first-order valence-electron chi connectivity index (χ1n) is 5.74. The van der Waals surface area contributed by atoms with Crippen molar-refractivity contribution in [3.05, 3.63) is 58.0 Å². The Bertz CT molecular complexity index is 736. The third kappa shape index (κ3) is 2.52. The van der Waals surface area contributed by atoms with E-state index in [1.54, 1.807) is 11.4 Å². The van der Waals surface area contributed by atoms with Gasteiger partial charge in [0.2, 0.25) is 0 Å². The molecular formula is C13H9N3O3S. The lowest BCUT2D eigenvalue weighted by atomic mass is 10.3. The molecule has 20 heavy (non-hydrogen) atoms. The number of thiazole rings is 1. The molecule has 0 spiro atoms. The number of anilines is 2. The summed E-state index contributed by atoms with van der Waals surface area (Å²) in [6, 6.07) is 12.5. The van der Waals surface area contributed by atoms with Gasteiger partial charge in [-0.2, -0.15) is 0 Å². The second kappa shape index (κ2) is 5.14. The molecule has 0 aliphatic carbocycles. The molecule has 2 heterocycles. The number of furan rings is 1. The fraction of sp³-hybridized carbons (Fsp3) is 0. The minimum Gasteiger partial charge on any atom is -0.399 e. The maximum atomic E-state index is 10.6. The Labute approximate surface area is 117 Å². The van der Waals surface area contributed by atoms with Crippen molar-refractivity contribution in [2.24, 2.45) is 0 Å². The van der Waals surface area contributed by atoms with Crippen LogP contribution in [0.1, 0.15) is 0 Å². The van der Waals surface area contributed by atoms with Gasteiger partial charge in [0, 0.05) is 11.1 Å². The molecule has 7 heteroatoms. The van der Waals surface area contributed by atoms with Gasteiger partial charge < -0.3 is 9.73 Å². The molecule has 2 aromatic heterocycles. The van der Waals surface area contributed by atoms with E-state index in [0.29, 0.717) is 16.6 Å². The van der Waals surface area contributed by atoms with Gasteiger partial charge >= 0.3 is 5.88 Å². The largest absolute Gasteiger partial charge is 0.433 e. The van der Waals surface area contributed by atoms with Crippen LogP contribution < -0.4 is 5.32 Å². The van der Waals surface area contributed by atoms with E-state index in [9.17, 15) is 10.1 Å². The topological polar surface area (TPSA) is 81.2 Å². The predicted molar refractivity (Wildman–Crippen MR) is 76.2 cm³/mol. The summed E-state index contributed by atoms with van der Waals surface area (Å²) in [6.45, 7) is 0. The summed E-state index contributed by atoms with van der Waals surface area (Å²) >= 11 is 1.40. The molecule has 6 nitrogen and oxygen atoms in total. The highest BCUT2D eigenvalue weighted by Crippen LogP contribution is 2.30. The van der Waals surface area contributed by atoms with Crippen molar-refractivity contribution in [1.29, 1.82) is 0 Å². The first-order chi connectivity index (χ1) is 9.72. The number of hydrogen-bond donors (Lipinski definition) is 1. The average Bonchev–Trinajstić information content (AvgIpc) is 3.08. The van der Waals surface area contributed by atoms with E-state index in [1.807, 2.05) is 30.3 Å². The van der Waals surface area contributed by atoms with Crippen LogP contribution in [0.15, 0.2) is 52.3 Å². The standard InChI is InChI=1S/C13H9N3O3S/c17-16(18)12-7-6-11(19-12)10-8-20-13(15-10)14-9-4-2-1-3-5-9/h1-8H,(H,14,15). The Hall–Kier alpha value is -2.67. The highest BCUT2D eigenvalue weighted by atomic mass is 32.1. The molecule has 0 fully saturated rings. The zero-order valence-electron chi connectivity index (χ0n) is 10.1. The van der Waals surface area contributed by atoms with Crippen molar-refractivity contribution < 1.29 is 9.34 Å². The number of nitrogens with zero attached hydrogens (tertiary/aromatic N) is 2. The van der Waals surface area contributed by atoms with E-state index in [-0.39, 0.29) is 5.88 Å². The van der Waals surface area contributed by atoms with Crippen molar-refractivity contribution >= 4 is 28.0 Å². The highest BCUT2D eigenvalue weighted by Gasteiger charge is 2.15. The van der Waals surface area contributed by atoms with E-state index >= 15 is 0 Å². The number of aromatic nitrogens is 1. The van der Waals surface area contributed by atoms with E-state index in [0.717, 1.165) is 5.69 Å². The molecule has 0 bridgehead atoms. The monoisotopic (exact) mass is 287 g/mol. The Morgan fingerprint density at radius 1 is 1.20 bits per heavy atom. The lowest BCUT2D eigenvalue weighted by Gasteiger charge is -2.00. The molecule has 3 aromatic rings. The lowest BCUT2D eigenvalue weighted by molar-refractivity contribution is -0.401. The summed E-state index contributed by atoms with van der Waals surface area (Å²) in [6.07, 6.45) is 0. The van der Waals surface area contributed by atoms with Gasteiger partial charge in [0.15, 0.2) is 10.9 Å². The second-order valence-electron chi connectivity index (χ2n) is 3.92. The number of hydrogen-bond acceptors (Lipinski definition) is 6. The van der Waals surface area contributed by atoms with Crippen molar-refractivity contribution in [2.75, 3.05) is 5.32 Å². The molecule has 3 rings (SSSR count). The fourth-order valence-corrected chi connectivity index (χ4v) is 2.37. The minimum absolute atomic E-state index is 0.287. The van der Waals surface area contributed by atoms with E-state index in [4.69, 9.17) is 4.42 Å². The zero-order valence-corrected chi connectivity index (χ0v) is 11.0. The highest BCUT2D eigenvalue weighted by molar-refractivity contribution is 7.14.